The Hall–Kier alpha value is -4.40. The summed E-state index contributed by atoms with van der Waals surface area (Å²) in [7, 11) is 4.51. The third kappa shape index (κ3) is 3.84. The second kappa shape index (κ2) is 8.99. The number of aliphatic hydroxyl groups is 1. The highest BCUT2D eigenvalue weighted by atomic mass is 16.5. The average molecular weight is 447 g/mol. The summed E-state index contributed by atoms with van der Waals surface area (Å²) in [5, 5.41) is 11.1. The van der Waals surface area contributed by atoms with Crippen molar-refractivity contribution in [2.24, 2.45) is 0 Å². The Bertz CT molecular complexity index is 1220. The third-order valence-electron chi connectivity index (χ3n) is 5.30. The number of hydrogen-bond acceptors (Lipinski definition) is 8. The summed E-state index contributed by atoms with van der Waals surface area (Å²) in [5.41, 5.74) is 0.771. The van der Waals surface area contributed by atoms with E-state index < -0.39 is 17.7 Å². The van der Waals surface area contributed by atoms with Crippen LogP contribution in [0.2, 0.25) is 0 Å². The molecular weight excluding hydrogens is 426 g/mol. The Balaban J connectivity index is 1.94. The summed E-state index contributed by atoms with van der Waals surface area (Å²) in [4.78, 5) is 35.7. The molecule has 0 saturated carbocycles. The molecule has 1 aliphatic heterocycles. The highest BCUT2D eigenvalue weighted by Crippen LogP contribution is 2.43. The first-order chi connectivity index (χ1) is 16.0. The van der Waals surface area contributed by atoms with Gasteiger partial charge in [-0.15, -0.1) is 0 Å². The fourth-order valence-corrected chi connectivity index (χ4v) is 3.70. The van der Waals surface area contributed by atoms with E-state index in [0.29, 0.717) is 28.4 Å². The maximum atomic E-state index is 13.1. The maximum absolute atomic E-state index is 13.1. The van der Waals surface area contributed by atoms with Gasteiger partial charge in [-0.05, 0) is 48.0 Å². The largest absolute Gasteiger partial charge is 0.507 e. The van der Waals surface area contributed by atoms with Crippen LogP contribution in [-0.2, 0) is 9.59 Å². The summed E-state index contributed by atoms with van der Waals surface area (Å²) < 4.78 is 15.9. The minimum Gasteiger partial charge on any atom is -0.507 e. The van der Waals surface area contributed by atoms with Gasteiger partial charge in [-0.25, -0.2) is 9.97 Å². The van der Waals surface area contributed by atoms with Crippen molar-refractivity contribution in [3.8, 4) is 17.2 Å². The van der Waals surface area contributed by atoms with Crippen LogP contribution in [-0.4, -0.2) is 48.1 Å². The van der Waals surface area contributed by atoms with Crippen molar-refractivity contribution in [3.05, 3.63) is 77.6 Å². The first kappa shape index (κ1) is 21.8. The van der Waals surface area contributed by atoms with Gasteiger partial charge in [0.1, 0.15) is 11.5 Å². The molecule has 0 aliphatic carbocycles. The topological polar surface area (TPSA) is 111 Å². The number of rotatable bonds is 6. The molecule has 0 radical (unpaired) electrons. The SMILES string of the molecule is COc1ccc(/C(O)=C2\C(=O)C(=O)N(c3ncccn3)C2c2ccc(OC)c(OC)c2)cc1. The van der Waals surface area contributed by atoms with Crippen LogP contribution in [0.3, 0.4) is 0 Å². The molecule has 168 valence electrons. The van der Waals surface area contributed by atoms with Gasteiger partial charge in [0.15, 0.2) is 11.5 Å². The van der Waals surface area contributed by atoms with Crippen LogP contribution in [0, 0.1) is 0 Å². The zero-order valence-electron chi connectivity index (χ0n) is 18.2. The molecule has 1 aliphatic rings. The quantitative estimate of drug-likeness (QED) is 0.349. The summed E-state index contributed by atoms with van der Waals surface area (Å²) >= 11 is 0. The van der Waals surface area contributed by atoms with Crippen molar-refractivity contribution >= 4 is 23.4 Å². The smallest absolute Gasteiger partial charge is 0.302 e. The number of aromatic nitrogens is 2. The molecule has 9 heteroatoms. The van der Waals surface area contributed by atoms with Gasteiger partial charge in [-0.1, -0.05) is 6.07 Å². The van der Waals surface area contributed by atoms with Gasteiger partial charge in [0.25, 0.3) is 5.78 Å². The third-order valence-corrected chi connectivity index (χ3v) is 5.30. The number of Topliss-reactive ketones (excluding diaryl/α,β-unsaturated/α-hetero) is 1. The Morgan fingerprint density at radius 2 is 1.58 bits per heavy atom. The number of ether oxygens (including phenoxy) is 3. The molecule has 1 unspecified atom stereocenters. The van der Waals surface area contributed by atoms with Gasteiger partial charge in [0.05, 0.1) is 32.9 Å². The van der Waals surface area contributed by atoms with Crippen molar-refractivity contribution in [2.45, 2.75) is 6.04 Å². The van der Waals surface area contributed by atoms with Crippen LogP contribution in [0.1, 0.15) is 17.2 Å². The first-order valence-electron chi connectivity index (χ1n) is 9.94. The van der Waals surface area contributed by atoms with Crippen molar-refractivity contribution in [3.63, 3.8) is 0 Å². The van der Waals surface area contributed by atoms with E-state index in [1.54, 1.807) is 48.5 Å². The van der Waals surface area contributed by atoms with Crippen LogP contribution >= 0.6 is 0 Å². The lowest BCUT2D eigenvalue weighted by Gasteiger charge is -2.24. The fraction of sp³-hybridized carbons (Fsp3) is 0.167. The van der Waals surface area contributed by atoms with Crippen LogP contribution < -0.4 is 19.1 Å². The average Bonchev–Trinajstić information content (AvgIpc) is 3.13. The predicted molar refractivity (Wildman–Crippen MR) is 119 cm³/mol. The summed E-state index contributed by atoms with van der Waals surface area (Å²) in [5.74, 6) is -0.529. The minimum atomic E-state index is -0.991. The van der Waals surface area contributed by atoms with E-state index in [9.17, 15) is 14.7 Å². The molecule has 0 spiro atoms. The standard InChI is InChI=1S/C24H21N3O6/c1-31-16-8-5-14(6-9-16)21(28)19-20(15-7-10-17(32-2)18(13-15)33-3)27(23(30)22(19)29)24-25-11-4-12-26-24/h4-13,20,28H,1-3H3/b21-19+. The number of hydrogen-bond donors (Lipinski definition) is 1. The molecule has 1 atom stereocenters. The van der Waals surface area contributed by atoms with E-state index >= 15 is 0 Å². The van der Waals surface area contributed by atoms with Crippen molar-refractivity contribution in [1.29, 1.82) is 0 Å². The molecule has 9 nitrogen and oxygen atoms in total. The van der Waals surface area contributed by atoms with E-state index in [-0.39, 0.29) is 17.3 Å². The number of benzene rings is 2. The van der Waals surface area contributed by atoms with Crippen LogP contribution in [0.15, 0.2) is 66.5 Å². The molecule has 1 N–H and O–H groups in total. The van der Waals surface area contributed by atoms with Crippen LogP contribution in [0.4, 0.5) is 5.95 Å². The zero-order chi connectivity index (χ0) is 23.5. The number of amides is 1. The molecule has 4 rings (SSSR count). The number of carbonyl (C=O) groups is 2. The normalized spacial score (nSPS) is 17.2. The number of nitrogens with zero attached hydrogens (tertiary/aromatic N) is 3. The van der Waals surface area contributed by atoms with Crippen molar-refractivity contribution in [1.82, 2.24) is 9.97 Å². The lowest BCUT2D eigenvalue weighted by Crippen LogP contribution is -2.31. The van der Waals surface area contributed by atoms with Gasteiger partial charge >= 0.3 is 5.91 Å². The number of methoxy groups -OCH3 is 3. The summed E-state index contributed by atoms with van der Waals surface area (Å²) in [6.07, 6.45) is 2.94. The van der Waals surface area contributed by atoms with E-state index in [2.05, 4.69) is 9.97 Å². The Morgan fingerprint density at radius 3 is 2.18 bits per heavy atom. The molecule has 3 aromatic rings. The van der Waals surface area contributed by atoms with Crippen LogP contribution in [0.5, 0.6) is 17.2 Å². The highest BCUT2D eigenvalue weighted by molar-refractivity contribution is 6.51. The Morgan fingerprint density at radius 1 is 0.909 bits per heavy atom. The van der Waals surface area contributed by atoms with Gasteiger partial charge in [-0.3, -0.25) is 14.5 Å². The number of carbonyl (C=O) groups excluding carboxylic acids is 2. The van der Waals surface area contributed by atoms with Crippen molar-refractivity contribution < 1.29 is 28.9 Å². The Labute approximate surface area is 189 Å². The molecule has 0 bridgehead atoms. The lowest BCUT2D eigenvalue weighted by atomic mass is 9.95. The fourth-order valence-electron chi connectivity index (χ4n) is 3.70. The molecule has 2 aromatic carbocycles. The van der Waals surface area contributed by atoms with E-state index in [1.165, 1.54) is 38.6 Å². The minimum absolute atomic E-state index is 0.0353. The molecular formula is C24H21N3O6. The molecule has 1 saturated heterocycles. The van der Waals surface area contributed by atoms with Gasteiger partial charge < -0.3 is 19.3 Å². The Kier molecular flexibility index (Phi) is 5.95. The summed E-state index contributed by atoms with van der Waals surface area (Å²) in [6.45, 7) is 0. The number of ketones is 1. The second-order valence-corrected chi connectivity index (χ2v) is 7.06. The number of anilines is 1. The molecule has 1 aromatic heterocycles. The maximum Gasteiger partial charge on any atom is 0.302 e. The predicted octanol–water partition coefficient (Wildman–Crippen LogP) is 3.13. The number of aliphatic hydroxyl groups excluding tert-OH is 1. The molecule has 1 fully saturated rings. The summed E-state index contributed by atoms with van der Waals surface area (Å²) in [6, 6.07) is 12.1. The lowest BCUT2D eigenvalue weighted by molar-refractivity contribution is -0.132. The van der Waals surface area contributed by atoms with E-state index in [4.69, 9.17) is 14.2 Å². The highest BCUT2D eigenvalue weighted by Gasteiger charge is 2.48. The van der Waals surface area contributed by atoms with Gasteiger partial charge in [-0.2, -0.15) is 0 Å². The van der Waals surface area contributed by atoms with Gasteiger partial charge in [0, 0.05) is 18.0 Å². The van der Waals surface area contributed by atoms with Crippen LogP contribution in [0.25, 0.3) is 5.76 Å². The zero-order valence-corrected chi connectivity index (χ0v) is 18.2. The molecule has 33 heavy (non-hydrogen) atoms. The second-order valence-electron chi connectivity index (χ2n) is 7.06. The van der Waals surface area contributed by atoms with E-state index in [1.807, 2.05) is 0 Å². The van der Waals surface area contributed by atoms with E-state index in [0.717, 1.165) is 0 Å². The van der Waals surface area contributed by atoms with Crippen molar-refractivity contribution in [2.75, 3.05) is 26.2 Å². The monoisotopic (exact) mass is 447 g/mol. The molecule has 1 amide bonds. The molecule has 2 heterocycles. The first-order valence-corrected chi connectivity index (χ1v) is 9.94. The van der Waals surface area contributed by atoms with Gasteiger partial charge in [0.2, 0.25) is 5.95 Å².